The first-order valence-electron chi connectivity index (χ1n) is 10.6. The van der Waals surface area contributed by atoms with Crippen molar-refractivity contribution in [2.45, 2.75) is 62.7 Å². The van der Waals surface area contributed by atoms with Gasteiger partial charge in [-0.15, -0.1) is 0 Å². The molecule has 2 saturated heterocycles. The van der Waals surface area contributed by atoms with Crippen LogP contribution in [0, 0.1) is 23.2 Å². The Hall–Kier alpha value is -0.871. The minimum absolute atomic E-state index is 0.00989. The van der Waals surface area contributed by atoms with Crippen LogP contribution in [0.3, 0.4) is 0 Å². The van der Waals surface area contributed by atoms with Gasteiger partial charge >= 0.3 is 174 Å². The summed E-state index contributed by atoms with van der Waals surface area (Å²) < 4.78 is 19.4. The molecule has 2 heterocycles. The first-order chi connectivity index (χ1) is 13.4. The summed E-state index contributed by atoms with van der Waals surface area (Å²) in [6, 6.07) is 10.5. The normalized spacial score (nSPS) is 44.2. The van der Waals surface area contributed by atoms with Crippen LogP contribution in [0.15, 0.2) is 30.3 Å². The van der Waals surface area contributed by atoms with Gasteiger partial charge in [-0.2, -0.15) is 0 Å². The average molecular weight is 449 g/mol. The number of ether oxygens (including phenoxy) is 3. The fourth-order valence-corrected chi connectivity index (χ4v) is 9.23. The molecule has 152 valence electrons. The van der Waals surface area contributed by atoms with Gasteiger partial charge in [0.1, 0.15) is 0 Å². The zero-order chi connectivity index (χ0) is 19.6. The van der Waals surface area contributed by atoms with Crippen LogP contribution in [0.2, 0.25) is 4.31 Å². The minimum atomic E-state index is -0.470. The van der Waals surface area contributed by atoms with Crippen molar-refractivity contribution in [2.75, 3.05) is 13.2 Å². The van der Waals surface area contributed by atoms with E-state index < -0.39 is 5.79 Å². The van der Waals surface area contributed by atoms with Gasteiger partial charge in [0, 0.05) is 0 Å². The molecule has 0 unspecified atom stereocenters. The van der Waals surface area contributed by atoms with Gasteiger partial charge in [0.2, 0.25) is 0 Å². The summed E-state index contributed by atoms with van der Waals surface area (Å²) in [5.41, 5.74) is 0.201. The maximum atomic E-state index is 13.2. The molecule has 1 aromatic rings. The molecule has 0 radical (unpaired) electrons. The van der Waals surface area contributed by atoms with Gasteiger partial charge in [0.25, 0.3) is 0 Å². The second-order valence-electron chi connectivity index (χ2n) is 9.51. The fourth-order valence-electron chi connectivity index (χ4n) is 6.47. The van der Waals surface area contributed by atoms with Gasteiger partial charge in [0.05, 0.1) is 0 Å². The Morgan fingerprint density at radius 3 is 2.46 bits per heavy atom. The molecule has 6 atom stereocenters. The molecule has 28 heavy (non-hydrogen) atoms. The SMILES string of the molecule is C[C@H]1[C@@H]2[C@H]3OC(=O)[C@](C)([Se]c4ccccc4)[C@@H]3CC[C@@]2(C)CCC12OCCO2. The van der Waals surface area contributed by atoms with E-state index in [-0.39, 0.29) is 48.6 Å². The molecule has 2 aliphatic carbocycles. The molecule has 1 spiro atoms. The van der Waals surface area contributed by atoms with E-state index in [0.717, 1.165) is 25.7 Å². The second-order valence-corrected chi connectivity index (χ2v) is 12.7. The molecule has 5 rings (SSSR count). The Morgan fingerprint density at radius 1 is 1.04 bits per heavy atom. The van der Waals surface area contributed by atoms with Crippen molar-refractivity contribution in [2.24, 2.45) is 23.2 Å². The fraction of sp³-hybridized carbons (Fsp3) is 0.696. The maximum absolute atomic E-state index is 13.2. The van der Waals surface area contributed by atoms with Crippen LogP contribution in [0.1, 0.15) is 46.5 Å². The molecule has 1 aromatic carbocycles. The molecule has 4 aliphatic rings. The third-order valence-corrected chi connectivity index (χ3v) is 11.0. The Kier molecular flexibility index (Phi) is 4.48. The molecule has 5 heteroatoms. The van der Waals surface area contributed by atoms with Crippen LogP contribution in [0.4, 0.5) is 0 Å². The van der Waals surface area contributed by atoms with E-state index in [4.69, 9.17) is 14.2 Å². The van der Waals surface area contributed by atoms with Crippen LogP contribution in [0.5, 0.6) is 0 Å². The van der Waals surface area contributed by atoms with Crippen LogP contribution in [-0.2, 0) is 19.0 Å². The van der Waals surface area contributed by atoms with E-state index in [9.17, 15) is 4.79 Å². The van der Waals surface area contributed by atoms with Gasteiger partial charge in [-0.1, -0.05) is 0 Å². The van der Waals surface area contributed by atoms with E-state index in [1.807, 2.05) is 6.07 Å². The van der Waals surface area contributed by atoms with Crippen LogP contribution in [-0.4, -0.2) is 46.0 Å². The zero-order valence-electron chi connectivity index (χ0n) is 17.0. The number of benzene rings is 1. The number of hydrogen-bond donors (Lipinski definition) is 0. The monoisotopic (exact) mass is 450 g/mol. The predicted octanol–water partition coefficient (Wildman–Crippen LogP) is 3.33. The molecule has 0 aromatic heterocycles. The first kappa shape index (κ1) is 19.1. The molecule has 0 bridgehead atoms. The van der Waals surface area contributed by atoms with E-state index in [0.29, 0.717) is 19.1 Å². The molecule has 2 saturated carbocycles. The molecule has 4 fully saturated rings. The van der Waals surface area contributed by atoms with Gasteiger partial charge in [-0.05, 0) is 0 Å². The Labute approximate surface area is 173 Å². The van der Waals surface area contributed by atoms with Gasteiger partial charge in [-0.3, -0.25) is 0 Å². The van der Waals surface area contributed by atoms with Gasteiger partial charge in [0.15, 0.2) is 0 Å². The summed E-state index contributed by atoms with van der Waals surface area (Å²) in [7, 11) is 0. The van der Waals surface area contributed by atoms with E-state index in [1.54, 1.807) is 0 Å². The Morgan fingerprint density at radius 2 is 1.75 bits per heavy atom. The van der Waals surface area contributed by atoms with E-state index in [1.165, 1.54) is 4.46 Å². The van der Waals surface area contributed by atoms with Crippen LogP contribution in [0.25, 0.3) is 0 Å². The van der Waals surface area contributed by atoms with Crippen LogP contribution >= 0.6 is 0 Å². The molecule has 4 nitrogen and oxygen atoms in total. The van der Waals surface area contributed by atoms with Gasteiger partial charge < -0.3 is 0 Å². The molecular weight excluding hydrogens is 419 g/mol. The Balaban J connectivity index is 1.47. The summed E-state index contributed by atoms with van der Waals surface area (Å²) in [4.78, 5) is 13.2. The standard InChI is InChI=1S/C23H30O4Se/c1-15-18-19-17(9-10-21(18,2)11-12-23(15)25-13-14-26-23)22(3,20(24)27-19)28-16-7-5-4-6-8-16/h4-8,15,17-19H,9-14H2,1-3H3/t15-,17+,18+,19-,21-,22+/m0/s1. The summed E-state index contributed by atoms with van der Waals surface area (Å²) in [5.74, 6) is 0.367. The number of esters is 1. The first-order valence-corrected chi connectivity index (χ1v) is 12.3. The summed E-state index contributed by atoms with van der Waals surface area (Å²) in [6.07, 6.45) is 4.27. The van der Waals surface area contributed by atoms with Crippen molar-refractivity contribution in [1.82, 2.24) is 0 Å². The third kappa shape index (κ3) is 2.66. The summed E-state index contributed by atoms with van der Waals surface area (Å²) >= 11 is 0.0639. The number of carbonyl (C=O) groups excluding carboxylic acids is 1. The molecule has 0 amide bonds. The second kappa shape index (κ2) is 6.57. The summed E-state index contributed by atoms with van der Waals surface area (Å²) in [6.45, 7) is 8.17. The van der Waals surface area contributed by atoms with Crippen molar-refractivity contribution in [3.63, 3.8) is 0 Å². The third-order valence-electron chi connectivity index (χ3n) is 8.06. The van der Waals surface area contributed by atoms with Crippen molar-refractivity contribution < 1.29 is 19.0 Å². The van der Waals surface area contributed by atoms with Crippen LogP contribution < -0.4 is 4.46 Å². The quantitative estimate of drug-likeness (QED) is 0.513. The number of hydrogen-bond acceptors (Lipinski definition) is 4. The van der Waals surface area contributed by atoms with Crippen molar-refractivity contribution in [3.05, 3.63) is 30.3 Å². The number of fused-ring (bicyclic) bond motifs is 3. The van der Waals surface area contributed by atoms with Gasteiger partial charge in [-0.25, -0.2) is 0 Å². The zero-order valence-corrected chi connectivity index (χ0v) is 18.7. The molecule has 2 aliphatic heterocycles. The summed E-state index contributed by atoms with van der Waals surface area (Å²) in [5, 5.41) is 0. The van der Waals surface area contributed by atoms with E-state index in [2.05, 4.69) is 45.0 Å². The molecular formula is C23H30O4Se. The predicted molar refractivity (Wildman–Crippen MR) is 107 cm³/mol. The van der Waals surface area contributed by atoms with Crippen molar-refractivity contribution in [3.8, 4) is 0 Å². The van der Waals surface area contributed by atoms with E-state index >= 15 is 0 Å². The average Bonchev–Trinajstić information content (AvgIpc) is 3.24. The molecule has 0 N–H and O–H groups in total. The number of rotatable bonds is 2. The topological polar surface area (TPSA) is 44.8 Å². The Bertz CT molecular complexity index is 761. The van der Waals surface area contributed by atoms with Crippen molar-refractivity contribution in [1.29, 1.82) is 0 Å². The van der Waals surface area contributed by atoms with Crippen molar-refractivity contribution >= 4 is 25.4 Å². The number of carbonyl (C=O) groups is 1.